The molecular formula is C20H23N7O. The molecule has 1 amide bonds. The van der Waals surface area contributed by atoms with Crippen LogP contribution in [0.1, 0.15) is 16.2 Å². The van der Waals surface area contributed by atoms with E-state index in [4.69, 9.17) is 0 Å². The Balaban J connectivity index is 1.32. The summed E-state index contributed by atoms with van der Waals surface area (Å²) in [6.07, 6.45) is 5.75. The molecule has 3 heterocycles. The molecule has 1 aromatic carbocycles. The van der Waals surface area contributed by atoms with Gasteiger partial charge in [-0.15, -0.1) is 0 Å². The van der Waals surface area contributed by atoms with Crippen molar-refractivity contribution in [3.63, 3.8) is 0 Å². The maximum absolute atomic E-state index is 12.4. The van der Waals surface area contributed by atoms with Gasteiger partial charge in [-0.1, -0.05) is 18.2 Å². The smallest absolute Gasteiger partial charge is 0.274 e. The SMILES string of the molecule is O=C(c1cnc(NCCc2ccnn2-c2ccccc2)cn1)N1CCNCC1. The molecule has 2 aromatic heterocycles. The fourth-order valence-electron chi connectivity index (χ4n) is 3.20. The molecule has 0 saturated carbocycles. The van der Waals surface area contributed by atoms with Gasteiger partial charge in [0.15, 0.2) is 0 Å². The third-order valence-electron chi connectivity index (χ3n) is 4.68. The Hall–Kier alpha value is -3.26. The van der Waals surface area contributed by atoms with Crippen LogP contribution in [0.25, 0.3) is 5.69 Å². The maximum Gasteiger partial charge on any atom is 0.274 e. The van der Waals surface area contributed by atoms with Crippen molar-refractivity contribution < 1.29 is 4.79 Å². The highest BCUT2D eigenvalue weighted by Crippen LogP contribution is 2.11. The molecule has 1 saturated heterocycles. The van der Waals surface area contributed by atoms with Gasteiger partial charge in [0.2, 0.25) is 0 Å². The molecule has 1 fully saturated rings. The lowest BCUT2D eigenvalue weighted by molar-refractivity contribution is 0.0729. The number of benzene rings is 1. The number of aromatic nitrogens is 4. The first kappa shape index (κ1) is 18.1. The zero-order valence-electron chi connectivity index (χ0n) is 15.6. The number of rotatable bonds is 6. The van der Waals surface area contributed by atoms with Gasteiger partial charge in [0.25, 0.3) is 5.91 Å². The van der Waals surface area contributed by atoms with Gasteiger partial charge in [0, 0.05) is 51.0 Å². The molecule has 28 heavy (non-hydrogen) atoms. The Kier molecular flexibility index (Phi) is 5.58. The van der Waals surface area contributed by atoms with Crippen LogP contribution < -0.4 is 10.6 Å². The summed E-state index contributed by atoms with van der Waals surface area (Å²) >= 11 is 0. The van der Waals surface area contributed by atoms with Crippen molar-refractivity contribution in [2.45, 2.75) is 6.42 Å². The normalized spacial score (nSPS) is 14.1. The lowest BCUT2D eigenvalue weighted by Gasteiger charge is -2.26. The quantitative estimate of drug-likeness (QED) is 0.674. The number of nitrogens with zero attached hydrogens (tertiary/aromatic N) is 5. The number of amides is 1. The van der Waals surface area contributed by atoms with Crippen LogP contribution in [-0.2, 0) is 6.42 Å². The summed E-state index contributed by atoms with van der Waals surface area (Å²) in [6.45, 7) is 3.74. The predicted molar refractivity (Wildman–Crippen MR) is 107 cm³/mol. The lowest BCUT2D eigenvalue weighted by atomic mass is 10.2. The number of anilines is 1. The molecule has 8 heteroatoms. The zero-order valence-corrected chi connectivity index (χ0v) is 15.6. The number of para-hydroxylation sites is 1. The molecule has 8 nitrogen and oxygen atoms in total. The van der Waals surface area contributed by atoms with Crippen LogP contribution >= 0.6 is 0 Å². The minimum Gasteiger partial charge on any atom is -0.368 e. The first-order valence-corrected chi connectivity index (χ1v) is 9.45. The van der Waals surface area contributed by atoms with Gasteiger partial charge in [-0.05, 0) is 18.2 Å². The van der Waals surface area contributed by atoms with E-state index in [9.17, 15) is 4.79 Å². The first-order valence-electron chi connectivity index (χ1n) is 9.45. The number of nitrogens with one attached hydrogen (secondary N) is 2. The summed E-state index contributed by atoms with van der Waals surface area (Å²) in [6, 6.07) is 12.1. The van der Waals surface area contributed by atoms with Gasteiger partial charge < -0.3 is 15.5 Å². The van der Waals surface area contributed by atoms with Crippen molar-refractivity contribution in [1.82, 2.24) is 30.0 Å². The molecule has 144 valence electrons. The van der Waals surface area contributed by atoms with Crippen molar-refractivity contribution in [3.8, 4) is 5.69 Å². The molecule has 0 aliphatic carbocycles. The summed E-state index contributed by atoms with van der Waals surface area (Å²) < 4.78 is 1.93. The van der Waals surface area contributed by atoms with Gasteiger partial charge in [0.05, 0.1) is 18.1 Å². The molecule has 2 N–H and O–H groups in total. The maximum atomic E-state index is 12.4. The monoisotopic (exact) mass is 377 g/mol. The second-order valence-electron chi connectivity index (χ2n) is 6.58. The Bertz CT molecular complexity index is 902. The van der Waals surface area contributed by atoms with Crippen LogP contribution in [0.2, 0.25) is 0 Å². The summed E-state index contributed by atoms with van der Waals surface area (Å²) in [7, 11) is 0. The van der Waals surface area contributed by atoms with E-state index in [1.54, 1.807) is 23.5 Å². The molecule has 3 aromatic rings. The highest BCUT2D eigenvalue weighted by molar-refractivity contribution is 5.92. The number of carbonyl (C=O) groups is 1. The second-order valence-corrected chi connectivity index (χ2v) is 6.58. The van der Waals surface area contributed by atoms with Crippen molar-refractivity contribution in [1.29, 1.82) is 0 Å². The van der Waals surface area contributed by atoms with E-state index < -0.39 is 0 Å². The molecule has 0 bridgehead atoms. The highest BCUT2D eigenvalue weighted by atomic mass is 16.2. The standard InChI is InChI=1S/C20H23N7O/c28-20(26-12-10-21-11-13-26)18-14-24-19(15-23-18)22-8-6-17-7-9-25-27(17)16-4-2-1-3-5-16/h1-5,7,9,14-15,21H,6,8,10-13H2,(H,22,24). The minimum absolute atomic E-state index is 0.0627. The number of carbonyl (C=O) groups excluding carboxylic acids is 1. The first-order chi connectivity index (χ1) is 13.8. The van der Waals surface area contributed by atoms with E-state index in [1.165, 1.54) is 0 Å². The minimum atomic E-state index is -0.0627. The molecule has 4 rings (SSSR count). The summed E-state index contributed by atoms with van der Waals surface area (Å²) in [4.78, 5) is 22.8. The number of hydrogen-bond acceptors (Lipinski definition) is 6. The fraction of sp³-hybridized carbons (Fsp3) is 0.300. The lowest BCUT2D eigenvalue weighted by Crippen LogP contribution is -2.46. The van der Waals surface area contributed by atoms with Crippen LogP contribution in [0.3, 0.4) is 0 Å². The molecule has 1 aliphatic rings. The molecule has 0 spiro atoms. The van der Waals surface area contributed by atoms with E-state index >= 15 is 0 Å². The zero-order chi connectivity index (χ0) is 19.2. The van der Waals surface area contributed by atoms with E-state index in [0.29, 0.717) is 31.1 Å². The van der Waals surface area contributed by atoms with Gasteiger partial charge >= 0.3 is 0 Å². The van der Waals surface area contributed by atoms with Crippen molar-refractivity contribution in [2.24, 2.45) is 0 Å². The van der Waals surface area contributed by atoms with E-state index in [2.05, 4.69) is 25.7 Å². The van der Waals surface area contributed by atoms with Crippen molar-refractivity contribution in [2.75, 3.05) is 38.0 Å². The molecule has 0 radical (unpaired) electrons. The Morgan fingerprint density at radius 2 is 1.89 bits per heavy atom. The average Bonchev–Trinajstić information content (AvgIpc) is 3.23. The highest BCUT2D eigenvalue weighted by Gasteiger charge is 2.19. The third-order valence-corrected chi connectivity index (χ3v) is 4.68. The topological polar surface area (TPSA) is 88.0 Å². The van der Waals surface area contributed by atoms with Crippen LogP contribution in [0.5, 0.6) is 0 Å². The molecule has 1 aliphatic heterocycles. The Labute approximate surface area is 163 Å². The molecular weight excluding hydrogens is 354 g/mol. The van der Waals surface area contributed by atoms with Gasteiger partial charge in [-0.25, -0.2) is 14.6 Å². The number of hydrogen-bond donors (Lipinski definition) is 2. The molecule has 0 atom stereocenters. The van der Waals surface area contributed by atoms with Crippen LogP contribution in [-0.4, -0.2) is 63.3 Å². The van der Waals surface area contributed by atoms with E-state index in [0.717, 1.165) is 30.9 Å². The molecule has 0 unspecified atom stereocenters. The van der Waals surface area contributed by atoms with Crippen molar-refractivity contribution >= 4 is 11.7 Å². The Morgan fingerprint density at radius 1 is 1.07 bits per heavy atom. The largest absolute Gasteiger partial charge is 0.368 e. The van der Waals surface area contributed by atoms with Crippen LogP contribution in [0, 0.1) is 0 Å². The number of piperazine rings is 1. The van der Waals surface area contributed by atoms with Crippen LogP contribution in [0.4, 0.5) is 5.82 Å². The van der Waals surface area contributed by atoms with Gasteiger partial charge in [-0.3, -0.25) is 4.79 Å². The Morgan fingerprint density at radius 3 is 2.64 bits per heavy atom. The van der Waals surface area contributed by atoms with Crippen molar-refractivity contribution in [3.05, 3.63) is 66.4 Å². The van der Waals surface area contributed by atoms with E-state index in [-0.39, 0.29) is 5.91 Å². The second kappa shape index (κ2) is 8.62. The average molecular weight is 377 g/mol. The van der Waals surface area contributed by atoms with E-state index in [1.807, 2.05) is 41.1 Å². The third kappa shape index (κ3) is 4.17. The summed E-state index contributed by atoms with van der Waals surface area (Å²) in [5.41, 5.74) is 2.53. The summed E-state index contributed by atoms with van der Waals surface area (Å²) in [5.74, 6) is 0.593. The van der Waals surface area contributed by atoms with Gasteiger partial charge in [0.1, 0.15) is 11.5 Å². The predicted octanol–water partition coefficient (Wildman–Crippen LogP) is 1.36. The fourth-order valence-corrected chi connectivity index (χ4v) is 3.20. The van der Waals surface area contributed by atoms with Gasteiger partial charge in [-0.2, -0.15) is 5.10 Å². The summed E-state index contributed by atoms with van der Waals surface area (Å²) in [5, 5.41) is 10.9. The van der Waals surface area contributed by atoms with Crippen LogP contribution in [0.15, 0.2) is 55.0 Å².